The molecule has 0 N–H and O–H groups in total. The van der Waals surface area contributed by atoms with Gasteiger partial charge in [-0.1, -0.05) is 89.5 Å². The number of rotatable bonds is 6. The summed E-state index contributed by atoms with van der Waals surface area (Å²) in [4.78, 5) is 2.66. The smallest absolute Gasteiger partial charge is 0.0773 e. The summed E-state index contributed by atoms with van der Waals surface area (Å²) in [5, 5.41) is 0.844. The molecule has 0 amide bonds. The van der Waals surface area contributed by atoms with Crippen molar-refractivity contribution in [2.45, 2.75) is 51.4 Å². The Hall–Kier alpha value is -1.84. The molecule has 6 rings (SSSR count). The lowest BCUT2D eigenvalue weighted by Crippen LogP contribution is -2.60. The molecule has 0 saturated carbocycles. The molecule has 33 heavy (non-hydrogen) atoms. The summed E-state index contributed by atoms with van der Waals surface area (Å²) in [5.74, 6) is 0.793. The van der Waals surface area contributed by atoms with Crippen LogP contribution in [0.4, 0.5) is 0 Å². The predicted octanol–water partition coefficient (Wildman–Crippen LogP) is 7.19. The van der Waals surface area contributed by atoms with Gasteiger partial charge < -0.3 is 4.74 Å². The van der Waals surface area contributed by atoms with Gasteiger partial charge in [0, 0.05) is 17.0 Å². The summed E-state index contributed by atoms with van der Waals surface area (Å²) in [7, 11) is 0. The molecule has 0 spiro atoms. The average molecular weight is 482 g/mol. The van der Waals surface area contributed by atoms with E-state index in [1.807, 2.05) is 12.1 Å². The molecule has 3 atom stereocenters. The van der Waals surface area contributed by atoms with Crippen LogP contribution in [-0.2, 0) is 11.3 Å². The van der Waals surface area contributed by atoms with Crippen LogP contribution < -0.4 is 0 Å². The van der Waals surface area contributed by atoms with E-state index in [0.717, 1.165) is 18.1 Å². The van der Waals surface area contributed by atoms with E-state index in [9.17, 15) is 0 Å². The van der Waals surface area contributed by atoms with E-state index in [1.54, 1.807) is 0 Å². The molecule has 3 aliphatic rings. The van der Waals surface area contributed by atoms with E-state index in [1.165, 1.54) is 40.7 Å². The van der Waals surface area contributed by atoms with Gasteiger partial charge in [0.05, 0.1) is 12.7 Å². The number of hydrogen-bond donors (Lipinski definition) is 0. The summed E-state index contributed by atoms with van der Waals surface area (Å²) in [6.45, 7) is 7.28. The molecule has 3 saturated heterocycles. The number of piperidine rings is 3. The summed E-state index contributed by atoms with van der Waals surface area (Å²) in [5.41, 5.74) is 6.39. The standard InChI is InChI=1S/C29H32ClNO.ClH/c1-20-16-21(2)18-22(17-20)19-32-29-24-12-14-31(15-13-24)28(29)27(23-8-4-3-5-9-23)25-10-6-7-11-26(25)30;/h3-11,16-18,24,27-29H,12-15,19H2,1-2H3;1H/t27?,28-,29-;/m1./s1. The third kappa shape index (κ3) is 5.15. The van der Waals surface area contributed by atoms with Crippen LogP contribution in [0.3, 0.4) is 0 Å². The predicted molar refractivity (Wildman–Crippen MR) is 140 cm³/mol. The largest absolute Gasteiger partial charge is 0.372 e. The van der Waals surface area contributed by atoms with Crippen molar-refractivity contribution in [3.8, 4) is 0 Å². The maximum absolute atomic E-state index is 6.80. The highest BCUT2D eigenvalue weighted by Crippen LogP contribution is 2.45. The van der Waals surface area contributed by atoms with Crippen molar-refractivity contribution in [1.82, 2.24) is 4.90 Å². The second-order valence-corrected chi connectivity index (χ2v) is 9.95. The average Bonchev–Trinajstić information content (AvgIpc) is 2.80. The molecule has 2 bridgehead atoms. The fraction of sp³-hybridized carbons (Fsp3) is 0.379. The van der Waals surface area contributed by atoms with Crippen molar-refractivity contribution in [3.63, 3.8) is 0 Å². The highest BCUT2D eigenvalue weighted by Gasteiger charge is 2.47. The second kappa shape index (κ2) is 10.6. The molecule has 3 fully saturated rings. The van der Waals surface area contributed by atoms with E-state index in [2.05, 4.69) is 79.4 Å². The van der Waals surface area contributed by atoms with Gasteiger partial charge in [-0.15, -0.1) is 12.4 Å². The maximum Gasteiger partial charge on any atom is 0.0773 e. The first-order valence-electron chi connectivity index (χ1n) is 11.8. The lowest BCUT2D eigenvalue weighted by atomic mass is 9.72. The molecule has 0 radical (unpaired) electrons. The zero-order valence-electron chi connectivity index (χ0n) is 19.4. The number of benzene rings is 3. The molecule has 3 aromatic carbocycles. The van der Waals surface area contributed by atoms with Crippen LogP contribution in [0.15, 0.2) is 72.8 Å². The molecule has 0 aliphatic carbocycles. The Morgan fingerprint density at radius 1 is 0.909 bits per heavy atom. The van der Waals surface area contributed by atoms with E-state index in [4.69, 9.17) is 16.3 Å². The minimum Gasteiger partial charge on any atom is -0.372 e. The third-order valence-corrected chi connectivity index (χ3v) is 7.61. The highest BCUT2D eigenvalue weighted by atomic mass is 35.5. The van der Waals surface area contributed by atoms with Crippen LogP contribution in [0.2, 0.25) is 5.02 Å². The van der Waals surface area contributed by atoms with Crippen molar-refractivity contribution in [1.29, 1.82) is 0 Å². The van der Waals surface area contributed by atoms with Crippen molar-refractivity contribution in [2.24, 2.45) is 5.92 Å². The quantitative estimate of drug-likeness (QED) is 0.369. The van der Waals surface area contributed by atoms with Crippen molar-refractivity contribution >= 4 is 24.0 Å². The summed E-state index contributed by atoms with van der Waals surface area (Å²) < 4.78 is 6.80. The normalized spacial score (nSPS) is 24.8. The molecular weight excluding hydrogens is 449 g/mol. The van der Waals surface area contributed by atoms with Gasteiger partial charge in [-0.05, 0) is 68.5 Å². The Morgan fingerprint density at radius 2 is 1.55 bits per heavy atom. The lowest BCUT2D eigenvalue weighted by molar-refractivity contribution is -0.120. The minimum absolute atomic E-state index is 0. The van der Waals surface area contributed by atoms with Gasteiger partial charge >= 0.3 is 0 Å². The van der Waals surface area contributed by atoms with Gasteiger partial charge in [-0.3, -0.25) is 4.90 Å². The summed E-state index contributed by atoms with van der Waals surface area (Å²) in [6, 6.07) is 26.2. The number of fused-ring (bicyclic) bond motifs is 3. The Labute approximate surface area is 209 Å². The van der Waals surface area contributed by atoms with Crippen molar-refractivity contribution in [2.75, 3.05) is 13.1 Å². The van der Waals surface area contributed by atoms with E-state index in [0.29, 0.717) is 12.5 Å². The molecule has 4 heteroatoms. The topological polar surface area (TPSA) is 12.5 Å². The number of aryl methyl sites for hydroxylation is 2. The molecule has 174 valence electrons. The molecule has 0 aromatic heterocycles. The van der Waals surface area contributed by atoms with Crippen LogP contribution in [0.1, 0.15) is 46.6 Å². The SMILES string of the molecule is Cc1cc(C)cc(CO[C@@H]2C3CCN(CC3)[C@@H]2C(c2ccccc2)c2ccccc2Cl)c1.Cl. The number of nitrogens with zero attached hydrogens (tertiary/aromatic N) is 1. The Bertz CT molecular complexity index is 1040. The summed E-state index contributed by atoms with van der Waals surface area (Å²) >= 11 is 6.79. The van der Waals surface area contributed by atoms with E-state index in [-0.39, 0.29) is 30.5 Å². The first-order chi connectivity index (χ1) is 15.6. The first kappa shape index (κ1) is 24.3. The zero-order valence-corrected chi connectivity index (χ0v) is 21.0. The molecule has 1 unspecified atom stereocenters. The molecule has 3 aliphatic heterocycles. The van der Waals surface area contributed by atoms with Gasteiger partial charge in [-0.25, -0.2) is 0 Å². The number of halogens is 2. The van der Waals surface area contributed by atoms with Crippen LogP contribution in [0.25, 0.3) is 0 Å². The lowest BCUT2D eigenvalue weighted by Gasteiger charge is -2.53. The zero-order chi connectivity index (χ0) is 22.1. The van der Waals surface area contributed by atoms with Gasteiger partial charge in [0.1, 0.15) is 0 Å². The monoisotopic (exact) mass is 481 g/mol. The fourth-order valence-corrected chi connectivity index (χ4v) is 6.21. The van der Waals surface area contributed by atoms with E-state index >= 15 is 0 Å². The van der Waals surface area contributed by atoms with Gasteiger partial charge in [-0.2, -0.15) is 0 Å². The van der Waals surface area contributed by atoms with Crippen LogP contribution >= 0.6 is 24.0 Å². The molecule has 2 nitrogen and oxygen atoms in total. The maximum atomic E-state index is 6.80. The third-order valence-electron chi connectivity index (χ3n) is 7.26. The number of ether oxygens (including phenoxy) is 1. The molecule has 3 heterocycles. The Balaban J connectivity index is 0.00000259. The Kier molecular flexibility index (Phi) is 7.81. The van der Waals surface area contributed by atoms with Crippen LogP contribution in [0, 0.1) is 19.8 Å². The molecule has 3 aromatic rings. The fourth-order valence-electron chi connectivity index (χ4n) is 5.96. The number of hydrogen-bond acceptors (Lipinski definition) is 2. The van der Waals surface area contributed by atoms with Crippen LogP contribution in [-0.4, -0.2) is 30.1 Å². The minimum atomic E-state index is 0. The first-order valence-corrected chi connectivity index (χ1v) is 12.2. The van der Waals surface area contributed by atoms with Crippen LogP contribution in [0.5, 0.6) is 0 Å². The Morgan fingerprint density at radius 3 is 2.21 bits per heavy atom. The van der Waals surface area contributed by atoms with Gasteiger partial charge in [0.15, 0.2) is 0 Å². The molecular formula is C29H33Cl2NO. The van der Waals surface area contributed by atoms with E-state index < -0.39 is 0 Å². The van der Waals surface area contributed by atoms with Gasteiger partial charge in [0.2, 0.25) is 0 Å². The van der Waals surface area contributed by atoms with Crippen molar-refractivity contribution < 1.29 is 4.74 Å². The summed E-state index contributed by atoms with van der Waals surface area (Å²) in [6.07, 6.45) is 2.63. The highest BCUT2D eigenvalue weighted by molar-refractivity contribution is 6.31. The van der Waals surface area contributed by atoms with Gasteiger partial charge in [0.25, 0.3) is 0 Å². The second-order valence-electron chi connectivity index (χ2n) is 9.55. The van der Waals surface area contributed by atoms with Crippen molar-refractivity contribution in [3.05, 3.63) is 106 Å².